The number of fused-ring (bicyclic) bond motifs is 1. The summed E-state index contributed by atoms with van der Waals surface area (Å²) in [6, 6.07) is 13.0. The summed E-state index contributed by atoms with van der Waals surface area (Å²) in [6.07, 6.45) is 4.09. The van der Waals surface area contributed by atoms with Gasteiger partial charge in [0.05, 0.1) is 22.8 Å². The van der Waals surface area contributed by atoms with Crippen molar-refractivity contribution in [2.45, 2.75) is 27.2 Å². The molecule has 6 heteroatoms. The predicted octanol–water partition coefficient (Wildman–Crippen LogP) is 4.44. The summed E-state index contributed by atoms with van der Waals surface area (Å²) >= 11 is 0. The predicted molar refractivity (Wildman–Crippen MR) is 110 cm³/mol. The lowest BCUT2D eigenvalue weighted by molar-refractivity contribution is -0.131. The van der Waals surface area contributed by atoms with Gasteiger partial charge in [0.15, 0.2) is 0 Å². The molecular formula is C23H20N2O4. The molecule has 2 heterocycles. The summed E-state index contributed by atoms with van der Waals surface area (Å²) in [5.74, 6) is 0.482. The number of nitrogens with zero attached hydrogens (tertiary/aromatic N) is 2. The van der Waals surface area contributed by atoms with Gasteiger partial charge in [-0.05, 0) is 37.1 Å². The van der Waals surface area contributed by atoms with Crippen LogP contribution in [0.25, 0.3) is 27.8 Å². The van der Waals surface area contributed by atoms with Gasteiger partial charge in [-0.2, -0.15) is 5.10 Å². The molecule has 4 aromatic rings. The number of carbonyl (C=O) groups is 1. The highest BCUT2D eigenvalue weighted by molar-refractivity contribution is 5.85. The third-order valence-corrected chi connectivity index (χ3v) is 4.78. The molecule has 0 aliphatic rings. The molecule has 2 aromatic carbocycles. The second kappa shape index (κ2) is 7.39. The fraction of sp³-hybridized carbons (Fsp3) is 0.174. The van der Waals surface area contributed by atoms with Crippen LogP contribution in [0.2, 0.25) is 0 Å². The molecule has 0 atom stereocenters. The molecule has 4 rings (SSSR count). The van der Waals surface area contributed by atoms with Gasteiger partial charge in [0, 0.05) is 24.8 Å². The van der Waals surface area contributed by atoms with Gasteiger partial charge in [0.25, 0.3) is 0 Å². The first-order chi connectivity index (χ1) is 14.0. The molecule has 0 aliphatic carbocycles. The van der Waals surface area contributed by atoms with E-state index in [9.17, 15) is 9.59 Å². The number of hydrogen-bond acceptors (Lipinski definition) is 5. The van der Waals surface area contributed by atoms with Crippen LogP contribution in [0.1, 0.15) is 25.2 Å². The van der Waals surface area contributed by atoms with E-state index in [-0.39, 0.29) is 5.43 Å². The number of carbonyl (C=O) groups excluding carboxylic acids is 1. The highest BCUT2D eigenvalue weighted by Crippen LogP contribution is 2.29. The molecule has 0 amide bonds. The summed E-state index contributed by atoms with van der Waals surface area (Å²) in [5.41, 5.74) is 3.09. The van der Waals surface area contributed by atoms with Crippen molar-refractivity contribution in [2.24, 2.45) is 0 Å². The van der Waals surface area contributed by atoms with Gasteiger partial charge in [-0.15, -0.1) is 0 Å². The lowest BCUT2D eigenvalue weighted by Gasteiger charge is -2.10. The molecule has 0 saturated carbocycles. The highest BCUT2D eigenvalue weighted by Gasteiger charge is 2.18. The Labute approximate surface area is 167 Å². The first-order valence-electron chi connectivity index (χ1n) is 9.37. The Morgan fingerprint density at radius 3 is 2.66 bits per heavy atom. The molecule has 0 aliphatic heterocycles. The van der Waals surface area contributed by atoms with Gasteiger partial charge in [-0.25, -0.2) is 4.68 Å². The molecule has 0 bridgehead atoms. The summed E-state index contributed by atoms with van der Waals surface area (Å²) in [5, 5.41) is 4.83. The monoisotopic (exact) mass is 388 g/mol. The van der Waals surface area contributed by atoms with E-state index < -0.39 is 5.97 Å². The van der Waals surface area contributed by atoms with Crippen LogP contribution in [0.15, 0.2) is 64.1 Å². The summed E-state index contributed by atoms with van der Waals surface area (Å²) in [4.78, 5) is 24.7. The van der Waals surface area contributed by atoms with Crippen molar-refractivity contribution < 1.29 is 13.9 Å². The molecule has 0 N–H and O–H groups in total. The quantitative estimate of drug-likeness (QED) is 0.382. The summed E-state index contributed by atoms with van der Waals surface area (Å²) in [7, 11) is 0. The molecule has 6 nitrogen and oxygen atoms in total. The number of hydrogen-bond donors (Lipinski definition) is 0. The number of aryl methyl sites for hydroxylation is 2. The SMILES string of the molecule is CCc1cc2c(=O)c(-c3cnn(-c4ccccc4)c3)c(C)oc2cc1OC(C)=O. The average molecular weight is 388 g/mol. The van der Waals surface area contributed by atoms with Crippen molar-refractivity contribution >= 4 is 16.9 Å². The smallest absolute Gasteiger partial charge is 0.308 e. The fourth-order valence-electron chi connectivity index (χ4n) is 3.41. The van der Waals surface area contributed by atoms with Crippen molar-refractivity contribution in [3.8, 4) is 22.6 Å². The van der Waals surface area contributed by atoms with Crippen molar-refractivity contribution in [1.29, 1.82) is 0 Å². The number of esters is 1. The number of ether oxygens (including phenoxy) is 1. The van der Waals surface area contributed by atoms with E-state index >= 15 is 0 Å². The first kappa shape index (κ1) is 18.7. The zero-order valence-corrected chi connectivity index (χ0v) is 16.4. The van der Waals surface area contributed by atoms with Gasteiger partial charge < -0.3 is 9.15 Å². The average Bonchev–Trinajstić information content (AvgIpc) is 3.17. The topological polar surface area (TPSA) is 74.3 Å². The van der Waals surface area contributed by atoms with E-state index in [1.54, 1.807) is 29.9 Å². The van der Waals surface area contributed by atoms with Crippen LogP contribution < -0.4 is 10.2 Å². The maximum atomic E-state index is 13.3. The van der Waals surface area contributed by atoms with E-state index in [1.165, 1.54) is 6.92 Å². The molecule has 0 unspecified atom stereocenters. The third kappa shape index (κ3) is 3.45. The van der Waals surface area contributed by atoms with Gasteiger partial charge in [0.2, 0.25) is 5.43 Å². The largest absolute Gasteiger partial charge is 0.460 e. The molecule has 0 radical (unpaired) electrons. The van der Waals surface area contributed by atoms with E-state index in [4.69, 9.17) is 9.15 Å². The van der Waals surface area contributed by atoms with Crippen molar-refractivity contribution in [3.05, 3.63) is 76.4 Å². The van der Waals surface area contributed by atoms with Gasteiger partial charge in [-0.3, -0.25) is 9.59 Å². The zero-order valence-electron chi connectivity index (χ0n) is 16.4. The second-order valence-corrected chi connectivity index (χ2v) is 6.77. The van der Waals surface area contributed by atoms with E-state index in [2.05, 4.69) is 5.10 Å². The Morgan fingerprint density at radius 2 is 1.97 bits per heavy atom. The zero-order chi connectivity index (χ0) is 20.5. The number of rotatable bonds is 4. The van der Waals surface area contributed by atoms with Crippen LogP contribution in [0, 0.1) is 6.92 Å². The summed E-state index contributed by atoms with van der Waals surface area (Å²) in [6.45, 7) is 5.03. The summed E-state index contributed by atoms with van der Waals surface area (Å²) < 4.78 is 12.9. The maximum Gasteiger partial charge on any atom is 0.308 e. The number of aromatic nitrogens is 2. The van der Waals surface area contributed by atoms with Gasteiger partial charge >= 0.3 is 5.97 Å². The van der Waals surface area contributed by atoms with Crippen LogP contribution in [-0.2, 0) is 11.2 Å². The van der Waals surface area contributed by atoms with Crippen molar-refractivity contribution in [2.75, 3.05) is 0 Å². The van der Waals surface area contributed by atoms with E-state index in [0.717, 1.165) is 11.3 Å². The van der Waals surface area contributed by atoms with E-state index in [0.29, 0.717) is 40.0 Å². The lowest BCUT2D eigenvalue weighted by atomic mass is 10.0. The number of benzene rings is 2. The van der Waals surface area contributed by atoms with Crippen molar-refractivity contribution in [3.63, 3.8) is 0 Å². The van der Waals surface area contributed by atoms with Crippen molar-refractivity contribution in [1.82, 2.24) is 9.78 Å². The normalized spacial score (nSPS) is 11.0. The van der Waals surface area contributed by atoms with Crippen LogP contribution >= 0.6 is 0 Å². The highest BCUT2D eigenvalue weighted by atomic mass is 16.5. The minimum Gasteiger partial charge on any atom is -0.460 e. The Balaban J connectivity index is 1.87. The Hall–Kier alpha value is -3.67. The molecule has 146 valence electrons. The fourth-order valence-corrected chi connectivity index (χ4v) is 3.41. The minimum absolute atomic E-state index is 0.138. The van der Waals surface area contributed by atoms with Gasteiger partial charge in [-0.1, -0.05) is 25.1 Å². The standard InChI is InChI=1S/C23H20N2O4/c1-4-16-10-19-21(11-20(16)29-15(3)26)28-14(2)22(23(19)27)17-12-24-25(13-17)18-8-6-5-7-9-18/h5-13H,4H2,1-3H3. The Morgan fingerprint density at radius 1 is 1.21 bits per heavy atom. The minimum atomic E-state index is -0.414. The second-order valence-electron chi connectivity index (χ2n) is 6.77. The van der Waals surface area contributed by atoms with Crippen LogP contribution in [0.4, 0.5) is 0 Å². The molecular weight excluding hydrogens is 368 g/mol. The lowest BCUT2D eigenvalue weighted by Crippen LogP contribution is -2.09. The number of para-hydroxylation sites is 1. The van der Waals surface area contributed by atoms with Crippen LogP contribution in [0.3, 0.4) is 0 Å². The molecule has 0 spiro atoms. The molecule has 2 aromatic heterocycles. The Bertz CT molecular complexity index is 1270. The molecule has 0 fully saturated rings. The third-order valence-electron chi connectivity index (χ3n) is 4.78. The van der Waals surface area contributed by atoms with Gasteiger partial charge in [0.1, 0.15) is 17.1 Å². The Kier molecular flexibility index (Phi) is 4.76. The first-order valence-corrected chi connectivity index (χ1v) is 9.37. The molecule has 0 saturated heterocycles. The van der Waals surface area contributed by atoms with Crippen LogP contribution in [0.5, 0.6) is 5.75 Å². The van der Waals surface area contributed by atoms with Crippen LogP contribution in [-0.4, -0.2) is 15.7 Å². The van der Waals surface area contributed by atoms with E-state index in [1.807, 2.05) is 43.5 Å². The maximum absolute atomic E-state index is 13.3. The molecule has 29 heavy (non-hydrogen) atoms.